The van der Waals surface area contributed by atoms with Gasteiger partial charge in [0.2, 0.25) is 5.88 Å². The molecule has 0 spiro atoms. The second-order valence-corrected chi connectivity index (χ2v) is 7.91. The minimum atomic E-state index is -0.141. The van der Waals surface area contributed by atoms with Crippen LogP contribution < -0.4 is 10.1 Å². The highest BCUT2D eigenvalue weighted by Crippen LogP contribution is 2.26. The van der Waals surface area contributed by atoms with Crippen LogP contribution in [0.5, 0.6) is 5.88 Å². The molecule has 0 radical (unpaired) electrons. The maximum atomic E-state index is 12.8. The molecule has 31 heavy (non-hydrogen) atoms. The number of likely N-dealkylation sites (tertiary alicyclic amines) is 1. The van der Waals surface area contributed by atoms with Crippen molar-refractivity contribution in [3.05, 3.63) is 42.2 Å². The minimum Gasteiger partial charge on any atom is -0.481 e. The number of nitrogens with one attached hydrogen (secondary N) is 2. The van der Waals surface area contributed by atoms with Gasteiger partial charge in [-0.25, -0.2) is 4.98 Å². The lowest BCUT2D eigenvalue weighted by Gasteiger charge is -2.31. The molecule has 0 atom stereocenters. The average molecular weight is 424 g/mol. The molecule has 0 saturated carbocycles. The van der Waals surface area contributed by atoms with Crippen LogP contribution in [0.3, 0.4) is 0 Å². The van der Waals surface area contributed by atoms with Gasteiger partial charge in [0, 0.05) is 43.4 Å². The number of rotatable bonds is 8. The Kier molecular flexibility index (Phi) is 6.79. The molecule has 0 unspecified atom stereocenters. The lowest BCUT2D eigenvalue weighted by molar-refractivity contribution is 0.0922. The molecule has 1 amide bonds. The van der Waals surface area contributed by atoms with E-state index in [1.54, 1.807) is 20.4 Å². The molecule has 1 aliphatic heterocycles. The van der Waals surface area contributed by atoms with Crippen molar-refractivity contribution >= 4 is 16.8 Å². The second-order valence-electron chi connectivity index (χ2n) is 7.91. The number of aromatic amines is 1. The number of H-pyrrole nitrogens is 1. The molecule has 1 aromatic carbocycles. The summed E-state index contributed by atoms with van der Waals surface area (Å²) in [5.74, 6) is 0.921. The summed E-state index contributed by atoms with van der Waals surface area (Å²) in [6.07, 6.45) is 3.93. The van der Waals surface area contributed by atoms with Crippen LogP contribution in [0.4, 0.5) is 0 Å². The van der Waals surface area contributed by atoms with Crippen LogP contribution in [-0.4, -0.2) is 73.0 Å². The van der Waals surface area contributed by atoms with Crippen LogP contribution in [0.2, 0.25) is 0 Å². The van der Waals surface area contributed by atoms with Crippen molar-refractivity contribution in [1.82, 2.24) is 25.4 Å². The second kappa shape index (κ2) is 9.89. The number of ether oxygens (including phenoxy) is 2. The summed E-state index contributed by atoms with van der Waals surface area (Å²) in [4.78, 5) is 19.5. The van der Waals surface area contributed by atoms with Gasteiger partial charge in [-0.2, -0.15) is 5.10 Å². The predicted octanol–water partition coefficient (Wildman–Crippen LogP) is 2.72. The molecule has 1 fully saturated rings. The molecular weight excluding hydrogens is 394 g/mol. The number of pyridine rings is 1. The lowest BCUT2D eigenvalue weighted by atomic mass is 9.96. The van der Waals surface area contributed by atoms with Crippen LogP contribution in [-0.2, 0) is 4.74 Å². The van der Waals surface area contributed by atoms with Gasteiger partial charge in [-0.05, 0) is 55.6 Å². The highest BCUT2D eigenvalue weighted by molar-refractivity contribution is 6.05. The molecule has 1 aliphatic rings. The zero-order valence-electron chi connectivity index (χ0n) is 18.1. The summed E-state index contributed by atoms with van der Waals surface area (Å²) in [7, 11) is 3.33. The fourth-order valence-corrected chi connectivity index (χ4v) is 3.99. The van der Waals surface area contributed by atoms with Crippen LogP contribution >= 0.6 is 0 Å². The van der Waals surface area contributed by atoms with Crippen molar-refractivity contribution in [2.75, 3.05) is 47.0 Å². The first kappa shape index (κ1) is 21.3. The Labute approximate surface area is 181 Å². The first-order chi connectivity index (χ1) is 15.2. The first-order valence-corrected chi connectivity index (χ1v) is 10.7. The summed E-state index contributed by atoms with van der Waals surface area (Å²) >= 11 is 0. The van der Waals surface area contributed by atoms with Gasteiger partial charge in [0.15, 0.2) is 5.69 Å². The summed E-state index contributed by atoms with van der Waals surface area (Å²) < 4.78 is 10.3. The Morgan fingerprint density at radius 3 is 2.71 bits per heavy atom. The van der Waals surface area contributed by atoms with E-state index in [4.69, 9.17) is 9.47 Å². The molecule has 164 valence electrons. The van der Waals surface area contributed by atoms with Gasteiger partial charge in [-0.15, -0.1) is 0 Å². The maximum Gasteiger partial charge on any atom is 0.272 e. The standard InChI is InChI=1S/C23H29N5O3/c1-30-12-11-28-9-7-16(8-10-28)14-25-23(29)22-19-13-17(3-5-20(19)26-27-22)18-4-6-21(31-2)24-15-18/h3-6,13,15-16H,7-12,14H2,1-2H3,(H,25,29)(H,26,27). The number of carbonyl (C=O) groups excluding carboxylic acids is 1. The van der Waals surface area contributed by atoms with Crippen molar-refractivity contribution in [3.63, 3.8) is 0 Å². The predicted molar refractivity (Wildman–Crippen MR) is 119 cm³/mol. The number of carbonyl (C=O) groups is 1. The molecular formula is C23H29N5O3. The Hall–Kier alpha value is -2.97. The number of hydrogen-bond acceptors (Lipinski definition) is 6. The molecule has 0 bridgehead atoms. The number of fused-ring (bicyclic) bond motifs is 1. The molecule has 4 rings (SSSR count). The number of piperidine rings is 1. The number of benzene rings is 1. The third-order valence-corrected chi connectivity index (χ3v) is 5.93. The van der Waals surface area contributed by atoms with E-state index >= 15 is 0 Å². The Morgan fingerprint density at radius 1 is 1.19 bits per heavy atom. The monoisotopic (exact) mass is 423 g/mol. The van der Waals surface area contributed by atoms with E-state index in [1.165, 1.54) is 0 Å². The van der Waals surface area contributed by atoms with Crippen LogP contribution in [0, 0.1) is 5.92 Å². The van der Waals surface area contributed by atoms with Gasteiger partial charge in [0.1, 0.15) is 0 Å². The van der Waals surface area contributed by atoms with Gasteiger partial charge in [-0.3, -0.25) is 9.89 Å². The lowest BCUT2D eigenvalue weighted by Crippen LogP contribution is -2.39. The van der Waals surface area contributed by atoms with Crippen molar-refractivity contribution in [2.24, 2.45) is 5.92 Å². The average Bonchev–Trinajstić information content (AvgIpc) is 3.25. The fraction of sp³-hybridized carbons (Fsp3) is 0.435. The van der Waals surface area contributed by atoms with E-state index in [0.29, 0.717) is 24.0 Å². The quantitative estimate of drug-likeness (QED) is 0.579. The Morgan fingerprint density at radius 2 is 2.00 bits per heavy atom. The molecule has 1 saturated heterocycles. The van der Waals surface area contributed by atoms with Gasteiger partial charge in [0.05, 0.1) is 19.2 Å². The number of amides is 1. The maximum absolute atomic E-state index is 12.8. The summed E-state index contributed by atoms with van der Waals surface area (Å²) in [5.41, 5.74) is 3.19. The third kappa shape index (κ3) is 5.03. The van der Waals surface area contributed by atoms with E-state index < -0.39 is 0 Å². The van der Waals surface area contributed by atoms with Crippen LogP contribution in [0.25, 0.3) is 22.0 Å². The minimum absolute atomic E-state index is 0.141. The van der Waals surface area contributed by atoms with Gasteiger partial charge in [-0.1, -0.05) is 6.07 Å². The third-order valence-electron chi connectivity index (χ3n) is 5.93. The molecule has 3 heterocycles. The van der Waals surface area contributed by atoms with Crippen molar-refractivity contribution in [2.45, 2.75) is 12.8 Å². The molecule has 8 nitrogen and oxygen atoms in total. The molecule has 0 aliphatic carbocycles. The van der Waals surface area contributed by atoms with E-state index in [1.807, 2.05) is 30.3 Å². The van der Waals surface area contributed by atoms with Gasteiger partial charge in [0.25, 0.3) is 5.91 Å². The largest absolute Gasteiger partial charge is 0.481 e. The summed E-state index contributed by atoms with van der Waals surface area (Å²) in [6.45, 7) is 4.51. The summed E-state index contributed by atoms with van der Waals surface area (Å²) in [6, 6.07) is 9.68. The van der Waals surface area contributed by atoms with Crippen LogP contribution in [0.15, 0.2) is 36.5 Å². The van der Waals surface area contributed by atoms with Crippen molar-refractivity contribution < 1.29 is 14.3 Å². The smallest absolute Gasteiger partial charge is 0.272 e. The highest BCUT2D eigenvalue weighted by Gasteiger charge is 2.21. The van der Waals surface area contributed by atoms with Crippen molar-refractivity contribution in [1.29, 1.82) is 0 Å². The topological polar surface area (TPSA) is 92.4 Å². The fourth-order valence-electron chi connectivity index (χ4n) is 3.99. The van der Waals surface area contributed by atoms with E-state index in [-0.39, 0.29) is 5.91 Å². The van der Waals surface area contributed by atoms with Crippen molar-refractivity contribution in [3.8, 4) is 17.0 Å². The Balaban J connectivity index is 1.40. The number of aromatic nitrogens is 3. The van der Waals surface area contributed by atoms with E-state index in [0.717, 1.165) is 61.1 Å². The first-order valence-electron chi connectivity index (χ1n) is 10.7. The van der Waals surface area contributed by atoms with Gasteiger partial charge >= 0.3 is 0 Å². The SMILES string of the molecule is COCCN1CCC(CNC(=O)c2n[nH]c3ccc(-c4ccc(OC)nc4)cc23)CC1. The molecule has 2 aromatic heterocycles. The molecule has 3 aromatic rings. The highest BCUT2D eigenvalue weighted by atomic mass is 16.5. The number of methoxy groups -OCH3 is 2. The molecule has 2 N–H and O–H groups in total. The zero-order valence-corrected chi connectivity index (χ0v) is 18.1. The van der Waals surface area contributed by atoms with Gasteiger partial charge < -0.3 is 19.7 Å². The normalized spacial score (nSPS) is 15.3. The van der Waals surface area contributed by atoms with E-state index in [9.17, 15) is 4.79 Å². The van der Waals surface area contributed by atoms with Crippen LogP contribution in [0.1, 0.15) is 23.3 Å². The zero-order chi connectivity index (χ0) is 21.6. The molecule has 8 heteroatoms. The summed E-state index contributed by atoms with van der Waals surface area (Å²) in [5, 5.41) is 11.1. The number of hydrogen-bond donors (Lipinski definition) is 2. The Bertz CT molecular complexity index is 1010. The van der Waals surface area contributed by atoms with E-state index in [2.05, 4.69) is 25.4 Å². The number of nitrogens with zero attached hydrogens (tertiary/aromatic N) is 3.